The van der Waals surface area contributed by atoms with Crippen LogP contribution in [0.25, 0.3) is 0 Å². The van der Waals surface area contributed by atoms with E-state index in [0.717, 1.165) is 12.1 Å². The molecular formula is C11H20N2S. The fourth-order valence-electron chi connectivity index (χ4n) is 1.16. The summed E-state index contributed by atoms with van der Waals surface area (Å²) in [4.78, 5) is 4.57. The van der Waals surface area contributed by atoms with E-state index in [2.05, 4.69) is 38.1 Å². The second-order valence-corrected chi connectivity index (χ2v) is 5.33. The van der Waals surface area contributed by atoms with E-state index in [1.807, 2.05) is 0 Å². The Hall–Kier alpha value is -0.410. The van der Waals surface area contributed by atoms with Gasteiger partial charge in [0.1, 0.15) is 0 Å². The first-order chi connectivity index (χ1) is 6.50. The van der Waals surface area contributed by atoms with Crippen LogP contribution in [0.5, 0.6) is 0 Å². The third-order valence-electron chi connectivity index (χ3n) is 2.36. The molecule has 0 amide bonds. The van der Waals surface area contributed by atoms with Gasteiger partial charge in [-0.3, -0.25) is 0 Å². The summed E-state index contributed by atoms with van der Waals surface area (Å²) in [5, 5.41) is 3.35. The van der Waals surface area contributed by atoms with Crippen molar-refractivity contribution in [1.29, 1.82) is 0 Å². The Labute approximate surface area is 90.6 Å². The van der Waals surface area contributed by atoms with Crippen LogP contribution in [0.4, 0.5) is 0 Å². The first-order valence-electron chi connectivity index (χ1n) is 5.20. The average Bonchev–Trinajstić information content (AvgIpc) is 2.52. The van der Waals surface area contributed by atoms with E-state index in [4.69, 9.17) is 5.73 Å². The van der Waals surface area contributed by atoms with Gasteiger partial charge >= 0.3 is 0 Å². The van der Waals surface area contributed by atoms with Crippen molar-refractivity contribution in [1.82, 2.24) is 4.98 Å². The van der Waals surface area contributed by atoms with Crippen molar-refractivity contribution in [3.63, 3.8) is 0 Å². The first-order valence-corrected chi connectivity index (χ1v) is 6.08. The number of nitrogens with zero attached hydrogens (tertiary/aromatic N) is 1. The molecule has 80 valence electrons. The second kappa shape index (κ2) is 4.89. The van der Waals surface area contributed by atoms with Gasteiger partial charge in [0.25, 0.3) is 0 Å². The summed E-state index contributed by atoms with van der Waals surface area (Å²) >= 11 is 1.74. The summed E-state index contributed by atoms with van der Waals surface area (Å²) in [6.45, 7) is 8.65. The lowest BCUT2D eigenvalue weighted by atomic mass is 10.0. The normalized spacial score (nSPS) is 13.9. The smallest absolute Gasteiger partial charge is 0.0953 e. The van der Waals surface area contributed by atoms with Crippen LogP contribution < -0.4 is 5.73 Å². The second-order valence-electron chi connectivity index (χ2n) is 4.44. The van der Waals surface area contributed by atoms with E-state index in [0.29, 0.717) is 11.8 Å². The molecule has 0 aromatic carbocycles. The molecule has 0 aliphatic heterocycles. The molecule has 3 heteroatoms. The van der Waals surface area contributed by atoms with Gasteiger partial charge < -0.3 is 5.73 Å². The number of aromatic nitrogens is 1. The zero-order valence-electron chi connectivity index (χ0n) is 9.45. The van der Waals surface area contributed by atoms with Crippen LogP contribution in [-0.2, 0) is 6.42 Å². The van der Waals surface area contributed by atoms with Gasteiger partial charge in [-0.15, -0.1) is 11.3 Å². The van der Waals surface area contributed by atoms with Gasteiger partial charge in [-0.25, -0.2) is 4.98 Å². The number of nitrogens with two attached hydrogens (primary N) is 1. The van der Waals surface area contributed by atoms with Gasteiger partial charge in [0.15, 0.2) is 0 Å². The van der Waals surface area contributed by atoms with Crippen LogP contribution >= 0.6 is 11.3 Å². The average molecular weight is 212 g/mol. The molecule has 2 N–H and O–H groups in total. The quantitative estimate of drug-likeness (QED) is 0.833. The highest BCUT2D eigenvalue weighted by Gasteiger charge is 2.12. The molecule has 0 radical (unpaired) electrons. The van der Waals surface area contributed by atoms with E-state index < -0.39 is 0 Å². The summed E-state index contributed by atoms with van der Waals surface area (Å²) < 4.78 is 0. The Balaban J connectivity index is 2.60. The predicted octanol–water partition coefficient (Wildman–Crippen LogP) is 2.79. The molecular weight excluding hydrogens is 192 g/mol. The van der Waals surface area contributed by atoms with Crippen LogP contribution in [0, 0.1) is 5.92 Å². The topological polar surface area (TPSA) is 38.9 Å². The van der Waals surface area contributed by atoms with E-state index in [1.165, 1.54) is 5.01 Å². The Kier molecular flexibility index (Phi) is 4.08. The molecule has 0 aliphatic carbocycles. The van der Waals surface area contributed by atoms with Crippen LogP contribution in [0.15, 0.2) is 5.38 Å². The first kappa shape index (κ1) is 11.7. The number of thiazole rings is 1. The molecule has 1 atom stereocenters. The largest absolute Gasteiger partial charge is 0.327 e. The maximum Gasteiger partial charge on any atom is 0.0953 e. The van der Waals surface area contributed by atoms with Crippen LogP contribution in [0.1, 0.15) is 44.3 Å². The maximum absolute atomic E-state index is 6.00. The van der Waals surface area contributed by atoms with E-state index in [-0.39, 0.29) is 6.04 Å². The minimum atomic E-state index is 0.233. The van der Waals surface area contributed by atoms with Crippen molar-refractivity contribution in [3.8, 4) is 0 Å². The van der Waals surface area contributed by atoms with Crippen molar-refractivity contribution in [2.24, 2.45) is 11.7 Å². The molecule has 2 nitrogen and oxygen atoms in total. The summed E-state index contributed by atoms with van der Waals surface area (Å²) in [6, 6.07) is 0.233. The monoisotopic (exact) mass is 212 g/mol. The van der Waals surface area contributed by atoms with Gasteiger partial charge in [-0.2, -0.15) is 0 Å². The van der Waals surface area contributed by atoms with Crippen molar-refractivity contribution in [2.45, 2.75) is 46.1 Å². The highest BCUT2D eigenvalue weighted by atomic mass is 32.1. The summed E-state index contributed by atoms with van der Waals surface area (Å²) in [5.41, 5.74) is 7.15. The number of rotatable bonds is 4. The zero-order valence-corrected chi connectivity index (χ0v) is 10.3. The number of hydrogen-bond acceptors (Lipinski definition) is 3. The van der Waals surface area contributed by atoms with Gasteiger partial charge in [-0.1, -0.05) is 27.7 Å². The van der Waals surface area contributed by atoms with E-state index in [1.54, 1.807) is 11.3 Å². The molecule has 0 saturated heterocycles. The van der Waals surface area contributed by atoms with Crippen LogP contribution in [0.2, 0.25) is 0 Å². The highest BCUT2D eigenvalue weighted by Crippen LogP contribution is 2.20. The van der Waals surface area contributed by atoms with E-state index >= 15 is 0 Å². The maximum atomic E-state index is 6.00. The van der Waals surface area contributed by atoms with Gasteiger partial charge in [0.05, 0.1) is 10.7 Å². The molecule has 1 rings (SSSR count). The Bertz CT molecular complexity index is 279. The third kappa shape index (κ3) is 3.07. The van der Waals surface area contributed by atoms with Crippen molar-refractivity contribution in [2.75, 3.05) is 0 Å². The Morgan fingerprint density at radius 2 is 2.00 bits per heavy atom. The molecule has 0 saturated carbocycles. The fraction of sp³-hybridized carbons (Fsp3) is 0.727. The van der Waals surface area contributed by atoms with Crippen LogP contribution in [0.3, 0.4) is 0 Å². The van der Waals surface area contributed by atoms with Gasteiger partial charge in [0, 0.05) is 23.8 Å². The summed E-state index contributed by atoms with van der Waals surface area (Å²) in [6.07, 6.45) is 0.904. The van der Waals surface area contributed by atoms with Crippen molar-refractivity contribution >= 4 is 11.3 Å². The zero-order chi connectivity index (χ0) is 10.7. The predicted molar refractivity (Wildman–Crippen MR) is 62.7 cm³/mol. The van der Waals surface area contributed by atoms with E-state index in [9.17, 15) is 0 Å². The molecule has 0 bridgehead atoms. The minimum Gasteiger partial charge on any atom is -0.327 e. The molecule has 1 unspecified atom stereocenters. The molecule has 0 fully saturated rings. The van der Waals surface area contributed by atoms with Crippen molar-refractivity contribution < 1.29 is 0 Å². The molecule has 1 aromatic rings. The highest BCUT2D eigenvalue weighted by molar-refractivity contribution is 7.09. The standard InChI is InChI=1S/C11H20N2S/c1-7(2)10(12)5-9-6-14-11(13-9)8(3)4/h6-8,10H,5,12H2,1-4H3. The van der Waals surface area contributed by atoms with Crippen LogP contribution in [-0.4, -0.2) is 11.0 Å². The lowest BCUT2D eigenvalue weighted by Gasteiger charge is -2.13. The molecule has 1 heterocycles. The molecule has 0 spiro atoms. The Morgan fingerprint density at radius 3 is 2.43 bits per heavy atom. The molecule has 1 aromatic heterocycles. The van der Waals surface area contributed by atoms with Gasteiger partial charge in [0.2, 0.25) is 0 Å². The molecule has 0 aliphatic rings. The van der Waals surface area contributed by atoms with Gasteiger partial charge in [-0.05, 0) is 5.92 Å². The van der Waals surface area contributed by atoms with Crippen molar-refractivity contribution in [3.05, 3.63) is 16.1 Å². The molecule has 14 heavy (non-hydrogen) atoms. The summed E-state index contributed by atoms with van der Waals surface area (Å²) in [5.74, 6) is 1.06. The SMILES string of the molecule is CC(C)c1nc(CC(N)C(C)C)cs1. The lowest BCUT2D eigenvalue weighted by Crippen LogP contribution is -2.28. The number of hydrogen-bond donors (Lipinski definition) is 1. The lowest BCUT2D eigenvalue weighted by molar-refractivity contribution is 0.487. The minimum absolute atomic E-state index is 0.233. The fourth-order valence-corrected chi connectivity index (χ4v) is 2.01. The Morgan fingerprint density at radius 1 is 1.36 bits per heavy atom. The summed E-state index contributed by atoms with van der Waals surface area (Å²) in [7, 11) is 0. The third-order valence-corrected chi connectivity index (χ3v) is 3.56.